The van der Waals surface area contributed by atoms with Gasteiger partial charge in [0.05, 0.1) is 0 Å². The average molecular weight is 652 g/mol. The lowest BCUT2D eigenvalue weighted by Crippen LogP contribution is -2.00. The van der Waals surface area contributed by atoms with E-state index >= 15 is 0 Å². The van der Waals surface area contributed by atoms with Crippen LogP contribution in [0.2, 0.25) is 0 Å². The molecular formula is C47H29N3O. The fraction of sp³-hybridized carbons (Fsp3) is 0. The lowest BCUT2D eigenvalue weighted by atomic mass is 9.91. The highest BCUT2D eigenvalue weighted by molar-refractivity contribution is 6.15. The van der Waals surface area contributed by atoms with Crippen molar-refractivity contribution in [1.29, 1.82) is 0 Å². The van der Waals surface area contributed by atoms with Crippen molar-refractivity contribution in [2.45, 2.75) is 0 Å². The second-order valence-electron chi connectivity index (χ2n) is 12.8. The fourth-order valence-electron chi connectivity index (χ4n) is 7.25. The summed E-state index contributed by atoms with van der Waals surface area (Å²) in [6, 6.07) is 61.2. The van der Waals surface area contributed by atoms with E-state index in [2.05, 4.69) is 115 Å². The molecular weight excluding hydrogens is 623 g/mol. The second kappa shape index (κ2) is 11.9. The van der Waals surface area contributed by atoms with Crippen LogP contribution in [0.4, 0.5) is 0 Å². The third-order valence-electron chi connectivity index (χ3n) is 9.73. The normalized spacial score (nSPS) is 11.5. The summed E-state index contributed by atoms with van der Waals surface area (Å²) in [4.78, 5) is 15.1. The molecule has 0 saturated heterocycles. The number of benzene rings is 8. The van der Waals surface area contributed by atoms with E-state index in [9.17, 15) is 0 Å². The molecule has 0 aliphatic rings. The number of fused-ring (bicyclic) bond motifs is 6. The van der Waals surface area contributed by atoms with E-state index in [1.54, 1.807) is 0 Å². The fourth-order valence-corrected chi connectivity index (χ4v) is 7.25. The predicted molar refractivity (Wildman–Crippen MR) is 209 cm³/mol. The van der Waals surface area contributed by atoms with Crippen molar-refractivity contribution in [3.63, 3.8) is 0 Å². The van der Waals surface area contributed by atoms with Crippen LogP contribution < -0.4 is 0 Å². The van der Waals surface area contributed by atoms with Gasteiger partial charge in [0.1, 0.15) is 11.2 Å². The quantitative estimate of drug-likeness (QED) is 0.174. The molecule has 0 aliphatic carbocycles. The van der Waals surface area contributed by atoms with E-state index in [1.165, 1.54) is 32.7 Å². The molecule has 0 aliphatic heterocycles. The molecule has 2 aromatic heterocycles. The maximum atomic E-state index is 6.20. The van der Waals surface area contributed by atoms with Gasteiger partial charge in [-0.25, -0.2) is 15.0 Å². The number of para-hydroxylation sites is 1. The maximum absolute atomic E-state index is 6.20. The van der Waals surface area contributed by atoms with Gasteiger partial charge in [0, 0.05) is 27.5 Å². The van der Waals surface area contributed by atoms with Gasteiger partial charge in [-0.3, -0.25) is 0 Å². The first kappa shape index (κ1) is 29.0. The van der Waals surface area contributed by atoms with Crippen LogP contribution in [-0.2, 0) is 0 Å². The van der Waals surface area contributed by atoms with Gasteiger partial charge < -0.3 is 4.42 Å². The van der Waals surface area contributed by atoms with E-state index in [1.807, 2.05) is 60.7 Å². The number of aromatic nitrogens is 3. The summed E-state index contributed by atoms with van der Waals surface area (Å²) >= 11 is 0. The van der Waals surface area contributed by atoms with Crippen LogP contribution >= 0.6 is 0 Å². The topological polar surface area (TPSA) is 51.8 Å². The minimum absolute atomic E-state index is 0.608. The molecule has 4 heteroatoms. The highest BCUT2D eigenvalue weighted by Crippen LogP contribution is 2.38. The molecule has 0 bridgehead atoms. The lowest BCUT2D eigenvalue weighted by Gasteiger charge is -2.13. The van der Waals surface area contributed by atoms with Crippen molar-refractivity contribution >= 4 is 43.5 Å². The Balaban J connectivity index is 1.08. The van der Waals surface area contributed by atoms with Crippen LogP contribution in [0.5, 0.6) is 0 Å². The Kier molecular flexibility index (Phi) is 6.78. The Morgan fingerprint density at radius 2 is 0.882 bits per heavy atom. The van der Waals surface area contributed by atoms with Gasteiger partial charge in [-0.15, -0.1) is 0 Å². The minimum atomic E-state index is 0.608. The summed E-state index contributed by atoms with van der Waals surface area (Å²) < 4.78 is 6.20. The third kappa shape index (κ3) is 5.04. The third-order valence-corrected chi connectivity index (χ3v) is 9.73. The van der Waals surface area contributed by atoms with Gasteiger partial charge in [-0.2, -0.15) is 0 Å². The summed E-state index contributed by atoms with van der Waals surface area (Å²) in [6.45, 7) is 0. The largest absolute Gasteiger partial charge is 0.456 e. The van der Waals surface area contributed by atoms with Crippen molar-refractivity contribution in [3.05, 3.63) is 176 Å². The molecule has 0 amide bonds. The molecule has 0 radical (unpaired) electrons. The summed E-state index contributed by atoms with van der Waals surface area (Å²) in [5.41, 5.74) is 9.17. The van der Waals surface area contributed by atoms with Crippen LogP contribution in [0.3, 0.4) is 0 Å². The zero-order chi connectivity index (χ0) is 33.7. The SMILES string of the molecule is c1ccc(-c2nc(-c3ccc(-c4ccc5cc(-c6ccccc6)c6ccccc6c5c4)cc3)nc(-c3cccc4oc5ccccc5c34)n2)cc1. The van der Waals surface area contributed by atoms with Gasteiger partial charge in [0.25, 0.3) is 0 Å². The molecule has 0 N–H and O–H groups in total. The van der Waals surface area contributed by atoms with E-state index in [4.69, 9.17) is 19.4 Å². The monoisotopic (exact) mass is 651 g/mol. The van der Waals surface area contributed by atoms with Crippen molar-refractivity contribution in [1.82, 2.24) is 15.0 Å². The van der Waals surface area contributed by atoms with Crippen LogP contribution in [0.15, 0.2) is 180 Å². The molecule has 10 aromatic rings. The Morgan fingerprint density at radius 1 is 0.314 bits per heavy atom. The van der Waals surface area contributed by atoms with E-state index < -0.39 is 0 Å². The number of hydrogen-bond acceptors (Lipinski definition) is 4. The van der Waals surface area contributed by atoms with Crippen LogP contribution in [0, 0.1) is 0 Å². The summed E-state index contributed by atoms with van der Waals surface area (Å²) in [5, 5.41) is 7.00. The van der Waals surface area contributed by atoms with Crippen molar-refractivity contribution in [2.75, 3.05) is 0 Å². The standard InChI is InChI=1S/C47H29N3O/c1-3-12-31(13-4-1)40-29-35-27-26-34(28-41(35)37-17-8-7-16-36(37)40)30-22-24-33(25-23-30)46-48-45(32-14-5-2-6-15-32)49-47(50-46)39-19-11-21-43-44(39)38-18-9-10-20-42(38)51-43/h1-29H. The highest BCUT2D eigenvalue weighted by atomic mass is 16.3. The Morgan fingerprint density at radius 3 is 1.65 bits per heavy atom. The first-order valence-corrected chi connectivity index (χ1v) is 17.1. The predicted octanol–water partition coefficient (Wildman–Crippen LogP) is 12.4. The Bertz CT molecular complexity index is 2900. The molecule has 0 spiro atoms. The first-order valence-electron chi connectivity index (χ1n) is 17.1. The molecule has 10 rings (SSSR count). The zero-order valence-corrected chi connectivity index (χ0v) is 27.5. The van der Waals surface area contributed by atoms with Gasteiger partial charge in [0.15, 0.2) is 17.5 Å². The molecule has 0 saturated carbocycles. The summed E-state index contributed by atoms with van der Waals surface area (Å²) in [5.74, 6) is 1.85. The van der Waals surface area contributed by atoms with Gasteiger partial charge >= 0.3 is 0 Å². The smallest absolute Gasteiger partial charge is 0.164 e. The highest BCUT2D eigenvalue weighted by Gasteiger charge is 2.18. The summed E-state index contributed by atoms with van der Waals surface area (Å²) in [7, 11) is 0. The van der Waals surface area contributed by atoms with Gasteiger partial charge in [-0.1, -0.05) is 152 Å². The molecule has 238 valence electrons. The summed E-state index contributed by atoms with van der Waals surface area (Å²) in [6.07, 6.45) is 0. The Labute approximate surface area is 294 Å². The number of hydrogen-bond donors (Lipinski definition) is 0. The zero-order valence-electron chi connectivity index (χ0n) is 27.5. The molecule has 8 aromatic carbocycles. The lowest BCUT2D eigenvalue weighted by molar-refractivity contribution is 0.669. The average Bonchev–Trinajstić information content (AvgIpc) is 3.60. The molecule has 51 heavy (non-hydrogen) atoms. The van der Waals surface area contributed by atoms with Gasteiger partial charge in [-0.05, 0) is 68.1 Å². The van der Waals surface area contributed by atoms with Gasteiger partial charge in [0.2, 0.25) is 0 Å². The van der Waals surface area contributed by atoms with Crippen LogP contribution in [0.1, 0.15) is 0 Å². The van der Waals surface area contributed by atoms with Crippen LogP contribution in [0.25, 0.3) is 99.9 Å². The molecule has 0 atom stereocenters. The first-order chi connectivity index (χ1) is 25.3. The van der Waals surface area contributed by atoms with E-state index in [-0.39, 0.29) is 0 Å². The molecule has 0 fully saturated rings. The molecule has 2 heterocycles. The minimum Gasteiger partial charge on any atom is -0.456 e. The molecule has 0 unspecified atom stereocenters. The van der Waals surface area contributed by atoms with Crippen molar-refractivity contribution < 1.29 is 4.42 Å². The molecule has 4 nitrogen and oxygen atoms in total. The number of rotatable bonds is 5. The van der Waals surface area contributed by atoms with Crippen molar-refractivity contribution in [2.24, 2.45) is 0 Å². The number of nitrogens with zero attached hydrogens (tertiary/aromatic N) is 3. The van der Waals surface area contributed by atoms with Crippen LogP contribution in [-0.4, -0.2) is 15.0 Å². The van der Waals surface area contributed by atoms with Crippen molar-refractivity contribution in [3.8, 4) is 56.4 Å². The van der Waals surface area contributed by atoms with E-state index in [0.29, 0.717) is 17.5 Å². The Hall–Kier alpha value is -6.91. The van der Waals surface area contributed by atoms with E-state index in [0.717, 1.165) is 49.8 Å². The number of furan rings is 1. The second-order valence-corrected chi connectivity index (χ2v) is 12.8. The maximum Gasteiger partial charge on any atom is 0.164 e.